The molecule has 0 N–H and O–H groups in total. The molecule has 0 aliphatic heterocycles. The number of thioether (sulfide) groups is 1. The van der Waals surface area contributed by atoms with E-state index in [-0.39, 0.29) is 5.82 Å². The minimum absolute atomic E-state index is 0.315. The summed E-state index contributed by atoms with van der Waals surface area (Å²) in [7, 11) is 0. The zero-order valence-electron chi connectivity index (χ0n) is 16.3. The van der Waals surface area contributed by atoms with Crippen molar-refractivity contribution in [3.05, 3.63) is 87.8 Å². The Bertz CT molecular complexity index is 1160. The first-order valence-electron chi connectivity index (χ1n) is 9.33. The van der Waals surface area contributed by atoms with E-state index in [0.717, 1.165) is 22.5 Å². The summed E-state index contributed by atoms with van der Waals surface area (Å²) in [5.41, 5.74) is 3.81. The first-order chi connectivity index (χ1) is 14.6. The number of aromatic nitrogens is 3. The summed E-state index contributed by atoms with van der Waals surface area (Å²) >= 11 is 9.28. The number of nitrogens with zero attached hydrogens (tertiary/aromatic N) is 3. The van der Waals surface area contributed by atoms with Gasteiger partial charge in [-0.1, -0.05) is 65.8 Å². The van der Waals surface area contributed by atoms with Crippen molar-refractivity contribution in [1.29, 1.82) is 0 Å². The Balaban J connectivity index is 1.72. The molecule has 4 aromatic rings. The summed E-state index contributed by atoms with van der Waals surface area (Å²) in [6.45, 7) is 6.55. The van der Waals surface area contributed by atoms with E-state index < -0.39 is 0 Å². The van der Waals surface area contributed by atoms with Crippen LogP contribution in [0.4, 0.5) is 4.39 Å². The number of hydrogen-bond donors (Lipinski definition) is 0. The second-order valence-corrected chi connectivity index (χ2v) is 9.07. The van der Waals surface area contributed by atoms with E-state index >= 15 is 0 Å². The Morgan fingerprint density at radius 2 is 1.97 bits per heavy atom. The fourth-order valence-electron chi connectivity index (χ4n) is 3.28. The van der Waals surface area contributed by atoms with Gasteiger partial charge in [0.1, 0.15) is 5.82 Å². The van der Waals surface area contributed by atoms with Crippen molar-refractivity contribution in [3.8, 4) is 22.5 Å². The molecule has 2 aromatic carbocycles. The van der Waals surface area contributed by atoms with Crippen molar-refractivity contribution in [3.63, 3.8) is 0 Å². The van der Waals surface area contributed by atoms with Crippen molar-refractivity contribution in [1.82, 2.24) is 14.8 Å². The number of hydrogen-bond acceptors (Lipinski definition) is 4. The third kappa shape index (κ3) is 4.08. The highest BCUT2D eigenvalue weighted by Gasteiger charge is 2.20. The van der Waals surface area contributed by atoms with E-state index in [1.165, 1.54) is 22.7 Å². The van der Waals surface area contributed by atoms with Gasteiger partial charge in [-0.2, -0.15) is 0 Å². The lowest BCUT2D eigenvalue weighted by Gasteiger charge is -2.10. The highest BCUT2D eigenvalue weighted by Crippen LogP contribution is 2.39. The summed E-state index contributed by atoms with van der Waals surface area (Å²) in [5.74, 6) is 0.833. The molecule has 0 bridgehead atoms. The van der Waals surface area contributed by atoms with Crippen LogP contribution in [0.15, 0.2) is 71.7 Å². The molecule has 0 saturated carbocycles. The van der Waals surface area contributed by atoms with E-state index in [1.54, 1.807) is 23.5 Å². The van der Waals surface area contributed by atoms with Crippen LogP contribution >= 0.6 is 34.7 Å². The molecular weight excluding hydrogens is 437 g/mol. The van der Waals surface area contributed by atoms with Crippen molar-refractivity contribution in [2.45, 2.75) is 24.4 Å². The molecule has 0 amide bonds. The number of benzene rings is 2. The van der Waals surface area contributed by atoms with E-state index in [9.17, 15) is 4.39 Å². The Kier molecular flexibility index (Phi) is 6.37. The molecule has 4 rings (SSSR count). The van der Waals surface area contributed by atoms with Gasteiger partial charge in [0.15, 0.2) is 11.0 Å². The van der Waals surface area contributed by atoms with E-state index in [4.69, 9.17) is 11.6 Å². The Morgan fingerprint density at radius 1 is 1.17 bits per heavy atom. The number of halogens is 2. The van der Waals surface area contributed by atoms with Gasteiger partial charge in [0.25, 0.3) is 0 Å². The molecule has 0 atom stereocenters. The van der Waals surface area contributed by atoms with Crippen LogP contribution < -0.4 is 0 Å². The van der Waals surface area contributed by atoms with Gasteiger partial charge in [-0.3, -0.25) is 4.57 Å². The van der Waals surface area contributed by atoms with Crippen molar-refractivity contribution < 1.29 is 4.39 Å². The average Bonchev–Trinajstić information content (AvgIpc) is 3.32. The maximum Gasteiger partial charge on any atom is 0.192 e. The predicted octanol–water partition coefficient (Wildman–Crippen LogP) is 7.25. The van der Waals surface area contributed by atoms with Crippen LogP contribution in [0.1, 0.15) is 10.4 Å². The van der Waals surface area contributed by atoms with Crippen LogP contribution in [-0.2, 0) is 12.3 Å². The van der Waals surface area contributed by atoms with Crippen LogP contribution in [0.5, 0.6) is 0 Å². The lowest BCUT2D eigenvalue weighted by atomic mass is 10.0. The lowest BCUT2D eigenvalue weighted by molar-refractivity contribution is 0.617. The summed E-state index contributed by atoms with van der Waals surface area (Å²) in [5, 5.41) is 12.1. The number of rotatable bonds is 7. The molecule has 7 heteroatoms. The zero-order chi connectivity index (χ0) is 21.1. The fourth-order valence-corrected chi connectivity index (χ4v) is 5.43. The van der Waals surface area contributed by atoms with Crippen molar-refractivity contribution in [2.24, 2.45) is 0 Å². The zero-order valence-corrected chi connectivity index (χ0v) is 18.7. The number of aryl methyl sites for hydroxylation is 1. The maximum atomic E-state index is 14.2. The quantitative estimate of drug-likeness (QED) is 0.217. The highest BCUT2D eigenvalue weighted by atomic mass is 35.5. The van der Waals surface area contributed by atoms with Crippen LogP contribution in [0.3, 0.4) is 0 Å². The first kappa shape index (κ1) is 20.8. The SMILES string of the molecule is C=CCn1c(SCc2c(F)cccc2Cl)nnc1-c1csc(C)c1-c1ccccc1. The molecule has 0 aliphatic rings. The van der Waals surface area contributed by atoms with Gasteiger partial charge in [0.2, 0.25) is 0 Å². The summed E-state index contributed by atoms with van der Waals surface area (Å²) < 4.78 is 16.2. The summed E-state index contributed by atoms with van der Waals surface area (Å²) in [4.78, 5) is 1.22. The molecule has 2 aromatic heterocycles. The molecule has 152 valence electrons. The lowest BCUT2D eigenvalue weighted by Crippen LogP contribution is -2.01. The van der Waals surface area contributed by atoms with Crippen LogP contribution in [-0.4, -0.2) is 14.8 Å². The molecule has 0 radical (unpaired) electrons. The number of thiophene rings is 1. The van der Waals surface area contributed by atoms with Gasteiger partial charge in [0.05, 0.1) is 0 Å². The molecule has 0 spiro atoms. The largest absolute Gasteiger partial charge is 0.298 e. The van der Waals surface area contributed by atoms with Gasteiger partial charge in [-0.15, -0.1) is 28.1 Å². The molecule has 2 heterocycles. The minimum atomic E-state index is -0.315. The smallest absolute Gasteiger partial charge is 0.192 e. The highest BCUT2D eigenvalue weighted by molar-refractivity contribution is 7.98. The predicted molar refractivity (Wildman–Crippen MR) is 125 cm³/mol. The van der Waals surface area contributed by atoms with Gasteiger partial charge in [-0.05, 0) is 24.6 Å². The second-order valence-electron chi connectivity index (χ2n) is 6.64. The van der Waals surface area contributed by atoms with E-state index in [2.05, 4.69) is 41.2 Å². The van der Waals surface area contributed by atoms with E-state index in [0.29, 0.717) is 28.0 Å². The van der Waals surface area contributed by atoms with Crippen LogP contribution in [0, 0.1) is 12.7 Å². The van der Waals surface area contributed by atoms with Crippen LogP contribution in [0.2, 0.25) is 5.02 Å². The van der Waals surface area contributed by atoms with Crippen molar-refractivity contribution >= 4 is 34.7 Å². The molecular formula is C23H19ClFN3S2. The fraction of sp³-hybridized carbons (Fsp3) is 0.130. The minimum Gasteiger partial charge on any atom is -0.298 e. The molecule has 0 fully saturated rings. The Morgan fingerprint density at radius 3 is 2.70 bits per heavy atom. The van der Waals surface area contributed by atoms with Crippen LogP contribution in [0.25, 0.3) is 22.5 Å². The van der Waals surface area contributed by atoms with Crippen molar-refractivity contribution in [2.75, 3.05) is 0 Å². The first-order valence-corrected chi connectivity index (χ1v) is 11.6. The van der Waals surface area contributed by atoms with Gasteiger partial charge in [-0.25, -0.2) is 4.39 Å². The van der Waals surface area contributed by atoms with Gasteiger partial charge in [0, 0.05) is 44.3 Å². The summed E-state index contributed by atoms with van der Waals surface area (Å²) in [6, 6.07) is 15.0. The topological polar surface area (TPSA) is 30.7 Å². The maximum absolute atomic E-state index is 14.2. The van der Waals surface area contributed by atoms with Gasteiger partial charge >= 0.3 is 0 Å². The normalized spacial score (nSPS) is 11.0. The summed E-state index contributed by atoms with van der Waals surface area (Å²) in [6.07, 6.45) is 1.81. The third-order valence-electron chi connectivity index (χ3n) is 4.71. The Labute approximate surface area is 188 Å². The molecule has 3 nitrogen and oxygen atoms in total. The number of allylic oxidation sites excluding steroid dienone is 1. The molecule has 0 unspecified atom stereocenters. The Hall–Kier alpha value is -2.41. The molecule has 0 aliphatic carbocycles. The van der Waals surface area contributed by atoms with E-state index in [1.807, 2.05) is 28.8 Å². The van der Waals surface area contributed by atoms with Gasteiger partial charge < -0.3 is 0 Å². The molecule has 0 saturated heterocycles. The second kappa shape index (κ2) is 9.16. The molecule has 30 heavy (non-hydrogen) atoms. The average molecular weight is 456 g/mol. The standard InChI is InChI=1S/C23H19ClFN3S2/c1-3-12-28-22(18-14-29-15(2)21(18)16-8-5-4-6-9-16)26-27-23(28)30-13-17-19(24)10-7-11-20(17)25/h3-11,14H,1,12-13H2,2H3. The third-order valence-corrected chi connectivity index (χ3v) is 6.97. The monoisotopic (exact) mass is 455 g/mol.